The van der Waals surface area contributed by atoms with E-state index in [4.69, 9.17) is 10.5 Å². The van der Waals surface area contributed by atoms with Crippen molar-refractivity contribution in [3.8, 4) is 0 Å². The van der Waals surface area contributed by atoms with E-state index in [0.29, 0.717) is 12.1 Å². The highest BCUT2D eigenvalue weighted by Crippen LogP contribution is 2.30. The van der Waals surface area contributed by atoms with E-state index < -0.39 is 11.9 Å². The third kappa shape index (κ3) is 3.79. The van der Waals surface area contributed by atoms with Gasteiger partial charge in [-0.1, -0.05) is 36.4 Å². The molecule has 6 heteroatoms. The average Bonchev–Trinajstić information content (AvgIpc) is 2.73. The van der Waals surface area contributed by atoms with Crippen LogP contribution >= 0.6 is 0 Å². The lowest BCUT2D eigenvalue weighted by Gasteiger charge is -2.35. The zero-order valence-electron chi connectivity index (χ0n) is 15.8. The van der Waals surface area contributed by atoms with Crippen LogP contribution in [0.25, 0.3) is 0 Å². The maximum atomic E-state index is 13.1. The summed E-state index contributed by atoms with van der Waals surface area (Å²) in [6.07, 6.45) is 0.723. The molecule has 0 spiro atoms. The number of morpholine rings is 1. The largest absolute Gasteiger partial charge is 0.379 e. The third-order valence-corrected chi connectivity index (χ3v) is 5.52. The number of carbonyl (C=O) groups excluding carboxylic acids is 2. The lowest BCUT2D eigenvalue weighted by Crippen LogP contribution is -2.45. The molecule has 1 saturated heterocycles. The lowest BCUT2D eigenvalue weighted by atomic mass is 9.91. The number of carbonyl (C=O) groups is 2. The molecule has 0 aromatic heterocycles. The van der Waals surface area contributed by atoms with Crippen LogP contribution in [0.4, 0.5) is 0 Å². The molecular formula is C22H25N3O3. The summed E-state index contributed by atoms with van der Waals surface area (Å²) in [5, 5.41) is 0. The number of hydrogen-bond donors (Lipinski definition) is 1. The first kappa shape index (κ1) is 18.7. The first-order valence-corrected chi connectivity index (χ1v) is 9.70. The van der Waals surface area contributed by atoms with Gasteiger partial charge >= 0.3 is 0 Å². The second kappa shape index (κ2) is 8.12. The lowest BCUT2D eigenvalue weighted by molar-refractivity contribution is -0.123. The van der Waals surface area contributed by atoms with Crippen LogP contribution in [0.1, 0.15) is 33.1 Å². The molecule has 1 unspecified atom stereocenters. The monoisotopic (exact) mass is 379 g/mol. The minimum Gasteiger partial charge on any atom is -0.379 e. The van der Waals surface area contributed by atoms with Gasteiger partial charge in [-0.15, -0.1) is 0 Å². The van der Waals surface area contributed by atoms with Gasteiger partial charge in [0, 0.05) is 31.7 Å². The number of hydrogen-bond acceptors (Lipinski definition) is 4. The molecule has 4 rings (SSSR count). The molecule has 2 aromatic rings. The Balaban J connectivity index is 1.51. The van der Waals surface area contributed by atoms with Crippen molar-refractivity contribution in [3.63, 3.8) is 0 Å². The van der Waals surface area contributed by atoms with Crippen molar-refractivity contribution >= 4 is 11.8 Å². The predicted octanol–water partition coefficient (Wildman–Crippen LogP) is 1.74. The fraction of sp³-hybridized carbons (Fsp3) is 0.364. The molecule has 146 valence electrons. The highest BCUT2D eigenvalue weighted by atomic mass is 16.5. The topological polar surface area (TPSA) is 75.9 Å². The molecule has 2 amide bonds. The summed E-state index contributed by atoms with van der Waals surface area (Å²) in [5.41, 5.74) is 9.32. The van der Waals surface area contributed by atoms with E-state index in [1.807, 2.05) is 48.5 Å². The van der Waals surface area contributed by atoms with Crippen LogP contribution in [0.2, 0.25) is 0 Å². The zero-order valence-corrected chi connectivity index (χ0v) is 15.8. The van der Waals surface area contributed by atoms with E-state index in [1.54, 1.807) is 4.90 Å². The summed E-state index contributed by atoms with van der Waals surface area (Å²) in [7, 11) is 0. The molecule has 0 bridgehead atoms. The van der Waals surface area contributed by atoms with E-state index in [1.165, 1.54) is 0 Å². The Morgan fingerprint density at radius 2 is 1.71 bits per heavy atom. The summed E-state index contributed by atoms with van der Waals surface area (Å²) < 4.78 is 5.38. The van der Waals surface area contributed by atoms with E-state index in [9.17, 15) is 9.59 Å². The van der Waals surface area contributed by atoms with E-state index >= 15 is 0 Å². The van der Waals surface area contributed by atoms with E-state index in [-0.39, 0.29) is 5.91 Å². The number of benzene rings is 2. The normalized spacial score (nSPS) is 19.9. The zero-order chi connectivity index (χ0) is 19.5. The van der Waals surface area contributed by atoms with Gasteiger partial charge < -0.3 is 15.4 Å². The number of fused-ring (bicyclic) bond motifs is 1. The van der Waals surface area contributed by atoms with Crippen molar-refractivity contribution in [1.82, 2.24) is 9.80 Å². The number of amides is 2. The maximum absolute atomic E-state index is 13.1. The van der Waals surface area contributed by atoms with Crippen LogP contribution < -0.4 is 5.73 Å². The second-order valence-electron chi connectivity index (χ2n) is 7.34. The molecule has 0 radical (unpaired) electrons. The van der Waals surface area contributed by atoms with Gasteiger partial charge in [0.25, 0.3) is 5.91 Å². The molecule has 2 aliphatic rings. The van der Waals surface area contributed by atoms with E-state index in [2.05, 4.69) is 4.90 Å². The van der Waals surface area contributed by atoms with Crippen LogP contribution in [0.3, 0.4) is 0 Å². The SMILES string of the molecule is NC(=O)C1c2ccccc2CCN1C(=O)c1ccc(CN2CCOCC2)cc1. The maximum Gasteiger partial charge on any atom is 0.254 e. The standard InChI is InChI=1S/C22H25N3O3/c23-21(26)20-19-4-2-1-3-17(19)9-10-25(20)22(27)18-7-5-16(6-8-18)15-24-11-13-28-14-12-24/h1-8,20H,9-15H2,(H2,23,26). The molecule has 6 nitrogen and oxygen atoms in total. The second-order valence-corrected chi connectivity index (χ2v) is 7.34. The van der Waals surface area contributed by atoms with Crippen LogP contribution in [-0.2, 0) is 22.5 Å². The van der Waals surface area contributed by atoms with Crippen molar-refractivity contribution in [2.24, 2.45) is 5.73 Å². The summed E-state index contributed by atoms with van der Waals surface area (Å²) in [5.74, 6) is -0.652. The first-order valence-electron chi connectivity index (χ1n) is 9.70. The number of nitrogens with two attached hydrogens (primary N) is 1. The van der Waals surface area contributed by atoms with Gasteiger partial charge in [0.1, 0.15) is 6.04 Å². The number of ether oxygens (including phenoxy) is 1. The van der Waals surface area contributed by atoms with Gasteiger partial charge in [0.2, 0.25) is 5.91 Å². The Bertz CT molecular complexity index is 860. The van der Waals surface area contributed by atoms with Crippen LogP contribution in [-0.4, -0.2) is 54.5 Å². The molecule has 28 heavy (non-hydrogen) atoms. The predicted molar refractivity (Wildman–Crippen MR) is 106 cm³/mol. The van der Waals surface area contributed by atoms with Crippen LogP contribution in [0, 0.1) is 0 Å². The molecule has 1 atom stereocenters. The average molecular weight is 379 g/mol. The Morgan fingerprint density at radius 1 is 1.00 bits per heavy atom. The summed E-state index contributed by atoms with van der Waals surface area (Å²) in [6, 6.07) is 14.6. The minimum absolute atomic E-state index is 0.156. The molecular weight excluding hydrogens is 354 g/mol. The Labute approximate surface area is 164 Å². The quantitative estimate of drug-likeness (QED) is 0.878. The van der Waals surface area contributed by atoms with Gasteiger partial charge in [-0.3, -0.25) is 14.5 Å². The fourth-order valence-corrected chi connectivity index (χ4v) is 4.03. The molecule has 2 aliphatic heterocycles. The van der Waals surface area contributed by atoms with Gasteiger partial charge in [-0.25, -0.2) is 0 Å². The van der Waals surface area contributed by atoms with Crippen molar-refractivity contribution < 1.29 is 14.3 Å². The van der Waals surface area contributed by atoms with Crippen molar-refractivity contribution in [2.75, 3.05) is 32.8 Å². The summed E-state index contributed by atoms with van der Waals surface area (Å²) >= 11 is 0. The van der Waals surface area contributed by atoms with Gasteiger partial charge in [-0.05, 0) is 35.2 Å². The van der Waals surface area contributed by atoms with Gasteiger partial charge in [0.05, 0.1) is 13.2 Å². The highest BCUT2D eigenvalue weighted by Gasteiger charge is 2.34. The smallest absolute Gasteiger partial charge is 0.254 e. The molecule has 0 saturated carbocycles. The van der Waals surface area contributed by atoms with Crippen molar-refractivity contribution in [2.45, 2.75) is 19.0 Å². The molecule has 2 N–H and O–H groups in total. The minimum atomic E-state index is -0.717. The first-order chi connectivity index (χ1) is 13.6. The number of nitrogens with zero attached hydrogens (tertiary/aromatic N) is 2. The van der Waals surface area contributed by atoms with Gasteiger partial charge in [-0.2, -0.15) is 0 Å². The van der Waals surface area contributed by atoms with Gasteiger partial charge in [0.15, 0.2) is 0 Å². The molecule has 2 aromatic carbocycles. The summed E-state index contributed by atoms with van der Waals surface area (Å²) in [4.78, 5) is 29.2. The van der Waals surface area contributed by atoms with Crippen molar-refractivity contribution in [3.05, 3.63) is 70.8 Å². The fourth-order valence-electron chi connectivity index (χ4n) is 4.03. The molecule has 0 aliphatic carbocycles. The highest BCUT2D eigenvalue weighted by molar-refractivity contribution is 5.98. The Morgan fingerprint density at radius 3 is 2.43 bits per heavy atom. The van der Waals surface area contributed by atoms with Crippen LogP contribution in [0.15, 0.2) is 48.5 Å². The van der Waals surface area contributed by atoms with Crippen molar-refractivity contribution in [1.29, 1.82) is 0 Å². The third-order valence-electron chi connectivity index (χ3n) is 5.52. The van der Waals surface area contributed by atoms with E-state index in [0.717, 1.165) is 56.0 Å². The molecule has 1 fully saturated rings. The number of primary amides is 1. The Kier molecular flexibility index (Phi) is 5.41. The molecule has 2 heterocycles. The van der Waals surface area contributed by atoms with Crippen LogP contribution in [0.5, 0.6) is 0 Å². The number of rotatable bonds is 4. The Hall–Kier alpha value is -2.70. The summed E-state index contributed by atoms with van der Waals surface area (Å²) in [6.45, 7) is 4.71.